The van der Waals surface area contributed by atoms with Gasteiger partial charge in [-0.05, 0) is 31.7 Å². The van der Waals surface area contributed by atoms with Gasteiger partial charge in [-0.1, -0.05) is 6.92 Å². The summed E-state index contributed by atoms with van der Waals surface area (Å²) in [6, 6.07) is 0.275. The molecule has 2 unspecified atom stereocenters. The molecule has 2 aliphatic heterocycles. The largest absolute Gasteiger partial charge is 0.338 e. The van der Waals surface area contributed by atoms with Gasteiger partial charge in [-0.3, -0.25) is 4.79 Å². The summed E-state index contributed by atoms with van der Waals surface area (Å²) in [6.07, 6.45) is 3.19. The lowest BCUT2D eigenvalue weighted by atomic mass is 9.91. The molecule has 2 rings (SSSR count). The van der Waals surface area contributed by atoms with Gasteiger partial charge in [0, 0.05) is 25.7 Å². The summed E-state index contributed by atoms with van der Waals surface area (Å²) in [4.78, 5) is 14.3. The van der Waals surface area contributed by atoms with Crippen LogP contribution < -0.4 is 11.1 Å². The monoisotopic (exact) mass is 225 g/mol. The van der Waals surface area contributed by atoms with Crippen LogP contribution in [0.3, 0.4) is 0 Å². The van der Waals surface area contributed by atoms with E-state index in [1.807, 2.05) is 4.90 Å². The van der Waals surface area contributed by atoms with Crippen LogP contribution in [0.5, 0.6) is 0 Å². The summed E-state index contributed by atoms with van der Waals surface area (Å²) in [5.41, 5.74) is 5.78. The highest BCUT2D eigenvalue weighted by molar-refractivity contribution is 5.79. The minimum absolute atomic E-state index is 0.197. The molecule has 0 radical (unpaired) electrons. The summed E-state index contributed by atoms with van der Waals surface area (Å²) >= 11 is 0. The first-order chi connectivity index (χ1) is 7.72. The molecule has 4 heteroatoms. The summed E-state index contributed by atoms with van der Waals surface area (Å²) in [5, 5.41) is 3.26. The third-order valence-corrected chi connectivity index (χ3v) is 3.94. The van der Waals surface area contributed by atoms with Gasteiger partial charge in [0.1, 0.15) is 0 Å². The van der Waals surface area contributed by atoms with Crippen LogP contribution in [0.2, 0.25) is 0 Å². The van der Waals surface area contributed by atoms with E-state index in [0.29, 0.717) is 18.4 Å². The Morgan fingerprint density at radius 3 is 2.94 bits per heavy atom. The molecule has 2 fully saturated rings. The van der Waals surface area contributed by atoms with E-state index in [0.717, 1.165) is 38.9 Å². The number of hydrogen-bond acceptors (Lipinski definition) is 3. The number of likely N-dealkylation sites (tertiary alicyclic amines) is 1. The lowest BCUT2D eigenvalue weighted by molar-refractivity contribution is -0.139. The highest BCUT2D eigenvalue weighted by Gasteiger charge is 2.33. The zero-order valence-electron chi connectivity index (χ0n) is 10.1. The van der Waals surface area contributed by atoms with Crippen molar-refractivity contribution in [3.05, 3.63) is 0 Å². The predicted octanol–water partition coefficient (Wildman–Crippen LogP) is 0.182. The lowest BCUT2D eigenvalue weighted by Crippen LogP contribution is -2.51. The van der Waals surface area contributed by atoms with Gasteiger partial charge in [0.05, 0.1) is 5.92 Å². The molecule has 2 aliphatic rings. The Morgan fingerprint density at radius 2 is 2.31 bits per heavy atom. The van der Waals surface area contributed by atoms with E-state index in [1.54, 1.807) is 0 Å². The van der Waals surface area contributed by atoms with Crippen LogP contribution in [0.25, 0.3) is 0 Å². The SMILES string of the molecule is CC1CCN(C(=O)[C@@H]2CCNC2)C(CN)C1. The number of carbonyl (C=O) groups excluding carboxylic acids is 1. The van der Waals surface area contributed by atoms with Gasteiger partial charge in [0.15, 0.2) is 0 Å². The normalized spacial score (nSPS) is 35.4. The maximum Gasteiger partial charge on any atom is 0.227 e. The fourth-order valence-electron chi connectivity index (χ4n) is 2.87. The summed E-state index contributed by atoms with van der Waals surface area (Å²) in [6.45, 7) is 5.59. The Bertz CT molecular complexity index is 251. The second-order valence-electron chi connectivity index (χ2n) is 5.24. The van der Waals surface area contributed by atoms with E-state index < -0.39 is 0 Å². The van der Waals surface area contributed by atoms with Crippen molar-refractivity contribution in [1.29, 1.82) is 0 Å². The number of rotatable bonds is 2. The Balaban J connectivity index is 1.98. The molecule has 16 heavy (non-hydrogen) atoms. The van der Waals surface area contributed by atoms with Gasteiger partial charge < -0.3 is 16.0 Å². The van der Waals surface area contributed by atoms with Crippen molar-refractivity contribution < 1.29 is 4.79 Å². The van der Waals surface area contributed by atoms with Gasteiger partial charge in [-0.2, -0.15) is 0 Å². The summed E-state index contributed by atoms with van der Waals surface area (Å²) < 4.78 is 0. The van der Waals surface area contributed by atoms with Crippen LogP contribution in [-0.2, 0) is 4.79 Å². The minimum atomic E-state index is 0.197. The first kappa shape index (κ1) is 11.9. The van der Waals surface area contributed by atoms with E-state index in [9.17, 15) is 4.79 Å². The zero-order valence-corrected chi connectivity index (χ0v) is 10.1. The van der Waals surface area contributed by atoms with Crippen molar-refractivity contribution in [1.82, 2.24) is 10.2 Å². The molecule has 2 heterocycles. The van der Waals surface area contributed by atoms with Crippen LogP contribution in [-0.4, -0.2) is 43.0 Å². The van der Waals surface area contributed by atoms with Gasteiger partial charge in [0.2, 0.25) is 5.91 Å². The third kappa shape index (κ3) is 2.38. The maximum atomic E-state index is 12.3. The van der Waals surface area contributed by atoms with Crippen molar-refractivity contribution in [2.24, 2.45) is 17.6 Å². The second kappa shape index (κ2) is 5.15. The van der Waals surface area contributed by atoms with Crippen molar-refractivity contribution in [3.8, 4) is 0 Å². The van der Waals surface area contributed by atoms with Crippen molar-refractivity contribution >= 4 is 5.91 Å². The average molecular weight is 225 g/mol. The molecule has 4 nitrogen and oxygen atoms in total. The first-order valence-corrected chi connectivity index (χ1v) is 6.43. The molecule has 0 saturated carbocycles. The van der Waals surface area contributed by atoms with Gasteiger partial charge in [-0.15, -0.1) is 0 Å². The van der Waals surface area contributed by atoms with Crippen LogP contribution in [0.4, 0.5) is 0 Å². The van der Waals surface area contributed by atoms with Gasteiger partial charge >= 0.3 is 0 Å². The van der Waals surface area contributed by atoms with E-state index in [2.05, 4.69) is 12.2 Å². The number of hydrogen-bond donors (Lipinski definition) is 2. The van der Waals surface area contributed by atoms with Crippen LogP contribution in [0.1, 0.15) is 26.2 Å². The molecule has 2 saturated heterocycles. The number of nitrogens with one attached hydrogen (secondary N) is 1. The molecule has 0 bridgehead atoms. The van der Waals surface area contributed by atoms with Crippen molar-refractivity contribution in [2.75, 3.05) is 26.2 Å². The summed E-state index contributed by atoms with van der Waals surface area (Å²) in [7, 11) is 0. The lowest BCUT2D eigenvalue weighted by Gasteiger charge is -2.39. The van der Waals surface area contributed by atoms with E-state index in [1.165, 1.54) is 0 Å². The van der Waals surface area contributed by atoms with Gasteiger partial charge in [-0.25, -0.2) is 0 Å². The van der Waals surface area contributed by atoms with Crippen LogP contribution >= 0.6 is 0 Å². The Labute approximate surface area is 97.6 Å². The number of piperidine rings is 1. The topological polar surface area (TPSA) is 58.4 Å². The number of nitrogens with two attached hydrogens (primary N) is 1. The highest BCUT2D eigenvalue weighted by atomic mass is 16.2. The van der Waals surface area contributed by atoms with Gasteiger partial charge in [0.25, 0.3) is 0 Å². The molecule has 0 aliphatic carbocycles. The highest BCUT2D eigenvalue weighted by Crippen LogP contribution is 2.24. The second-order valence-corrected chi connectivity index (χ2v) is 5.24. The molecule has 92 valence electrons. The molecule has 0 aromatic rings. The minimum Gasteiger partial charge on any atom is -0.338 e. The molecular weight excluding hydrogens is 202 g/mol. The van der Waals surface area contributed by atoms with E-state index in [4.69, 9.17) is 5.73 Å². The maximum absolute atomic E-state index is 12.3. The fraction of sp³-hybridized carbons (Fsp3) is 0.917. The molecule has 1 amide bonds. The Hall–Kier alpha value is -0.610. The van der Waals surface area contributed by atoms with E-state index in [-0.39, 0.29) is 12.0 Å². The van der Waals surface area contributed by atoms with Crippen LogP contribution in [0.15, 0.2) is 0 Å². The molecule has 3 atom stereocenters. The van der Waals surface area contributed by atoms with E-state index >= 15 is 0 Å². The average Bonchev–Trinajstić information content (AvgIpc) is 2.81. The number of carbonyl (C=O) groups is 1. The zero-order chi connectivity index (χ0) is 11.5. The Kier molecular flexibility index (Phi) is 3.82. The fourth-order valence-corrected chi connectivity index (χ4v) is 2.87. The predicted molar refractivity (Wildman–Crippen MR) is 63.9 cm³/mol. The molecule has 0 spiro atoms. The summed E-state index contributed by atoms with van der Waals surface area (Å²) in [5.74, 6) is 1.23. The Morgan fingerprint density at radius 1 is 1.50 bits per heavy atom. The molecule has 0 aromatic heterocycles. The van der Waals surface area contributed by atoms with Crippen molar-refractivity contribution in [3.63, 3.8) is 0 Å². The number of nitrogens with zero attached hydrogens (tertiary/aromatic N) is 1. The standard InChI is InChI=1S/C12H23N3O/c1-9-3-5-15(11(6-9)7-13)12(16)10-2-4-14-8-10/h9-11,14H,2-8,13H2,1H3/t9?,10-,11?/m1/s1. The molecule has 0 aromatic carbocycles. The first-order valence-electron chi connectivity index (χ1n) is 6.43. The van der Waals surface area contributed by atoms with Crippen LogP contribution in [0, 0.1) is 11.8 Å². The quantitative estimate of drug-likeness (QED) is 0.705. The van der Waals surface area contributed by atoms with Crippen molar-refractivity contribution in [2.45, 2.75) is 32.2 Å². The smallest absolute Gasteiger partial charge is 0.227 e. The number of amides is 1. The molecular formula is C12H23N3O. The molecule has 3 N–H and O–H groups in total. The third-order valence-electron chi connectivity index (χ3n) is 3.94.